The number of amides is 1. The molecule has 0 N–H and O–H groups in total. The van der Waals surface area contributed by atoms with Gasteiger partial charge in [0.1, 0.15) is 12.4 Å². The Morgan fingerprint density at radius 3 is 2.57 bits per heavy atom. The van der Waals surface area contributed by atoms with Crippen LogP contribution in [0.3, 0.4) is 0 Å². The summed E-state index contributed by atoms with van der Waals surface area (Å²) in [5.74, 6) is 1.12. The molecule has 0 spiro atoms. The zero-order valence-corrected chi connectivity index (χ0v) is 13.1. The predicted octanol–water partition coefficient (Wildman–Crippen LogP) is 2.40. The summed E-state index contributed by atoms with van der Waals surface area (Å²) in [6, 6.07) is 9.70. The Morgan fingerprint density at radius 2 is 1.90 bits per heavy atom. The van der Waals surface area contributed by atoms with Gasteiger partial charge in [0.2, 0.25) is 5.91 Å². The third-order valence-electron chi connectivity index (χ3n) is 4.14. The predicted molar refractivity (Wildman–Crippen MR) is 84.5 cm³/mol. The Hall–Kier alpha value is -1.55. The fourth-order valence-electron chi connectivity index (χ4n) is 2.58. The average molecular weight is 290 g/mol. The number of likely N-dealkylation sites (N-methyl/N-ethyl adjacent to an activating group) is 1. The number of rotatable bonds is 6. The molecule has 1 heterocycles. The van der Waals surface area contributed by atoms with E-state index >= 15 is 0 Å². The molecule has 1 atom stereocenters. The molecule has 1 aliphatic rings. The maximum absolute atomic E-state index is 12.4. The van der Waals surface area contributed by atoms with Crippen molar-refractivity contribution < 1.29 is 9.53 Å². The Kier molecular flexibility index (Phi) is 6.05. The van der Waals surface area contributed by atoms with Gasteiger partial charge >= 0.3 is 0 Å². The van der Waals surface area contributed by atoms with E-state index in [4.69, 9.17) is 4.74 Å². The lowest BCUT2D eigenvalue weighted by Crippen LogP contribution is -2.48. The number of likely N-dealkylation sites (tertiary alicyclic amines) is 1. The number of hydrogen-bond donors (Lipinski definition) is 0. The molecule has 1 amide bonds. The van der Waals surface area contributed by atoms with Gasteiger partial charge in [-0.15, -0.1) is 0 Å². The average Bonchev–Trinajstić information content (AvgIpc) is 2.55. The highest BCUT2D eigenvalue weighted by Crippen LogP contribution is 2.12. The minimum atomic E-state index is -0.0810. The monoisotopic (exact) mass is 290 g/mol. The van der Waals surface area contributed by atoms with Crippen molar-refractivity contribution in [3.8, 4) is 5.75 Å². The third-order valence-corrected chi connectivity index (χ3v) is 4.14. The van der Waals surface area contributed by atoms with Crippen LogP contribution in [-0.4, -0.2) is 55.0 Å². The molecule has 116 valence electrons. The van der Waals surface area contributed by atoms with Crippen LogP contribution in [0.1, 0.15) is 26.2 Å². The van der Waals surface area contributed by atoms with Gasteiger partial charge in [0, 0.05) is 19.6 Å². The number of benzene rings is 1. The molecule has 1 fully saturated rings. The number of carbonyl (C=O) groups is 1. The Balaban J connectivity index is 1.74. The lowest BCUT2D eigenvalue weighted by molar-refractivity contribution is -0.136. The summed E-state index contributed by atoms with van der Waals surface area (Å²) in [7, 11) is 1.99. The van der Waals surface area contributed by atoms with Crippen LogP contribution in [-0.2, 0) is 4.79 Å². The van der Waals surface area contributed by atoms with Gasteiger partial charge in [-0.25, -0.2) is 0 Å². The van der Waals surface area contributed by atoms with Gasteiger partial charge in [-0.05, 0) is 45.4 Å². The topological polar surface area (TPSA) is 32.8 Å². The zero-order valence-electron chi connectivity index (χ0n) is 13.1. The summed E-state index contributed by atoms with van der Waals surface area (Å²) >= 11 is 0. The molecule has 0 aliphatic carbocycles. The van der Waals surface area contributed by atoms with Gasteiger partial charge in [0.15, 0.2) is 0 Å². The highest BCUT2D eigenvalue weighted by Gasteiger charge is 2.24. The molecule has 4 heteroatoms. The maximum atomic E-state index is 12.4. The van der Waals surface area contributed by atoms with Crippen molar-refractivity contribution in [1.82, 2.24) is 9.80 Å². The van der Waals surface area contributed by atoms with Crippen molar-refractivity contribution in [1.29, 1.82) is 0 Å². The number of ether oxygens (including phenoxy) is 1. The van der Waals surface area contributed by atoms with Crippen molar-refractivity contribution in [3.63, 3.8) is 0 Å². The first-order valence-electron chi connectivity index (χ1n) is 7.85. The van der Waals surface area contributed by atoms with Crippen molar-refractivity contribution in [2.75, 3.05) is 33.3 Å². The minimum Gasteiger partial charge on any atom is -0.492 e. The van der Waals surface area contributed by atoms with Crippen LogP contribution in [0.25, 0.3) is 0 Å². The highest BCUT2D eigenvalue weighted by molar-refractivity contribution is 5.81. The van der Waals surface area contributed by atoms with E-state index in [2.05, 4.69) is 4.90 Å². The molecular weight excluding hydrogens is 264 g/mol. The lowest BCUT2D eigenvalue weighted by Gasteiger charge is -2.32. The van der Waals surface area contributed by atoms with Gasteiger partial charge in [-0.1, -0.05) is 18.2 Å². The number of para-hydroxylation sites is 1. The minimum absolute atomic E-state index is 0.0810. The van der Waals surface area contributed by atoms with Crippen LogP contribution in [0.4, 0.5) is 0 Å². The van der Waals surface area contributed by atoms with Crippen LogP contribution in [0.5, 0.6) is 5.75 Å². The maximum Gasteiger partial charge on any atom is 0.239 e. The molecule has 4 nitrogen and oxygen atoms in total. The lowest BCUT2D eigenvalue weighted by atomic mass is 10.1. The Labute approximate surface area is 127 Å². The van der Waals surface area contributed by atoms with Crippen molar-refractivity contribution in [2.24, 2.45) is 0 Å². The summed E-state index contributed by atoms with van der Waals surface area (Å²) in [6.07, 6.45) is 3.53. The molecule has 2 rings (SSSR count). The van der Waals surface area contributed by atoms with Crippen LogP contribution < -0.4 is 4.74 Å². The van der Waals surface area contributed by atoms with E-state index < -0.39 is 0 Å². The fraction of sp³-hybridized carbons (Fsp3) is 0.588. The molecule has 1 aromatic carbocycles. The number of piperidine rings is 1. The summed E-state index contributed by atoms with van der Waals surface area (Å²) in [6.45, 7) is 5.16. The second-order valence-electron chi connectivity index (χ2n) is 5.70. The Bertz CT molecular complexity index is 430. The largest absolute Gasteiger partial charge is 0.492 e. The standard InChI is InChI=1S/C17H26N2O2/c1-15(17(20)19-11-7-4-8-12-19)18(2)13-14-21-16-9-5-3-6-10-16/h3,5-6,9-10,15H,4,7-8,11-14H2,1-2H3. The fourth-order valence-corrected chi connectivity index (χ4v) is 2.58. The van der Waals surface area contributed by atoms with Crippen molar-refractivity contribution in [3.05, 3.63) is 30.3 Å². The second-order valence-corrected chi connectivity index (χ2v) is 5.70. The third kappa shape index (κ3) is 4.74. The molecule has 0 bridgehead atoms. The molecule has 0 saturated carbocycles. The normalized spacial score (nSPS) is 16.8. The van der Waals surface area contributed by atoms with E-state index in [9.17, 15) is 4.79 Å². The molecule has 1 unspecified atom stereocenters. The smallest absolute Gasteiger partial charge is 0.239 e. The first-order valence-corrected chi connectivity index (χ1v) is 7.85. The second kappa shape index (κ2) is 8.03. The molecule has 1 aromatic rings. The summed E-state index contributed by atoms with van der Waals surface area (Å²) in [5.41, 5.74) is 0. The zero-order chi connectivity index (χ0) is 15.1. The number of nitrogens with zero attached hydrogens (tertiary/aromatic N) is 2. The van der Waals surface area contributed by atoms with Gasteiger partial charge in [-0.3, -0.25) is 9.69 Å². The molecule has 21 heavy (non-hydrogen) atoms. The van der Waals surface area contributed by atoms with E-state index in [0.717, 1.165) is 38.2 Å². The van der Waals surface area contributed by atoms with Crippen molar-refractivity contribution in [2.45, 2.75) is 32.2 Å². The van der Waals surface area contributed by atoms with Crippen molar-refractivity contribution >= 4 is 5.91 Å². The Morgan fingerprint density at radius 1 is 1.24 bits per heavy atom. The summed E-state index contributed by atoms with van der Waals surface area (Å²) in [4.78, 5) is 16.5. The van der Waals surface area contributed by atoms with E-state index in [-0.39, 0.29) is 11.9 Å². The molecular formula is C17H26N2O2. The van der Waals surface area contributed by atoms with E-state index in [1.54, 1.807) is 0 Å². The first-order chi connectivity index (χ1) is 10.2. The molecule has 0 radical (unpaired) electrons. The van der Waals surface area contributed by atoms with Crippen LogP contribution >= 0.6 is 0 Å². The van der Waals surface area contributed by atoms with Gasteiger partial charge in [0.05, 0.1) is 6.04 Å². The molecule has 1 saturated heterocycles. The SMILES string of the molecule is CC(C(=O)N1CCCCC1)N(C)CCOc1ccccc1. The first kappa shape index (κ1) is 15.8. The van der Waals surface area contributed by atoms with E-state index in [0.29, 0.717) is 6.61 Å². The van der Waals surface area contributed by atoms with E-state index in [1.807, 2.05) is 49.2 Å². The highest BCUT2D eigenvalue weighted by atomic mass is 16.5. The molecule has 1 aliphatic heterocycles. The number of carbonyl (C=O) groups excluding carboxylic acids is 1. The van der Waals surface area contributed by atoms with Crippen LogP contribution in [0.15, 0.2) is 30.3 Å². The summed E-state index contributed by atoms with van der Waals surface area (Å²) in [5, 5.41) is 0. The molecule has 0 aromatic heterocycles. The van der Waals surface area contributed by atoms with E-state index in [1.165, 1.54) is 6.42 Å². The van der Waals surface area contributed by atoms with Crippen LogP contribution in [0, 0.1) is 0 Å². The quantitative estimate of drug-likeness (QED) is 0.806. The van der Waals surface area contributed by atoms with Gasteiger partial charge < -0.3 is 9.64 Å². The van der Waals surface area contributed by atoms with Gasteiger partial charge in [0.25, 0.3) is 0 Å². The van der Waals surface area contributed by atoms with Gasteiger partial charge in [-0.2, -0.15) is 0 Å². The van der Waals surface area contributed by atoms with Crippen LogP contribution in [0.2, 0.25) is 0 Å². The number of hydrogen-bond acceptors (Lipinski definition) is 3. The summed E-state index contributed by atoms with van der Waals surface area (Å²) < 4.78 is 5.69.